The third kappa shape index (κ3) is 2.64. The monoisotopic (exact) mass is 261 g/mol. The van der Waals surface area contributed by atoms with Crippen LogP contribution in [-0.4, -0.2) is 30.3 Å². The van der Waals surface area contributed by atoms with Crippen LogP contribution in [0.25, 0.3) is 0 Å². The zero-order valence-electron chi connectivity index (χ0n) is 8.28. The minimum absolute atomic E-state index is 0.0427. The van der Waals surface area contributed by atoms with Crippen LogP contribution in [0, 0.1) is 0 Å². The van der Waals surface area contributed by atoms with E-state index in [1.807, 2.05) is 0 Å². The van der Waals surface area contributed by atoms with E-state index in [9.17, 15) is 4.79 Å². The molecule has 0 aliphatic carbocycles. The molecule has 1 aromatic heterocycles. The van der Waals surface area contributed by atoms with Crippen molar-refractivity contribution >= 4 is 29.2 Å². The summed E-state index contributed by atoms with van der Waals surface area (Å²) in [5.41, 5.74) is 0.0427. The lowest BCUT2D eigenvalue weighted by atomic mass is 10.3. The maximum atomic E-state index is 11.7. The maximum absolute atomic E-state index is 11.7. The van der Waals surface area contributed by atoms with E-state index in [2.05, 4.69) is 4.98 Å². The number of ether oxygens (including phenoxy) is 2. The Morgan fingerprint density at radius 2 is 2.31 bits per heavy atom. The summed E-state index contributed by atoms with van der Waals surface area (Å²) >= 11 is 11.5. The fourth-order valence-electron chi connectivity index (χ4n) is 1.37. The number of carbonyl (C=O) groups is 1. The third-order valence-corrected chi connectivity index (χ3v) is 2.68. The fraction of sp³-hybridized carbons (Fsp3) is 0.400. The van der Waals surface area contributed by atoms with Crippen LogP contribution in [0.3, 0.4) is 0 Å². The van der Waals surface area contributed by atoms with Gasteiger partial charge in [0.25, 0.3) is 0 Å². The van der Waals surface area contributed by atoms with E-state index >= 15 is 0 Å². The van der Waals surface area contributed by atoms with E-state index in [0.717, 1.165) is 0 Å². The second-order valence-corrected chi connectivity index (χ2v) is 4.15. The molecule has 4 nitrogen and oxygen atoms in total. The van der Waals surface area contributed by atoms with Gasteiger partial charge in [0.15, 0.2) is 5.69 Å². The lowest BCUT2D eigenvalue weighted by molar-refractivity contribution is 0.0264. The number of nitrogens with zero attached hydrogens (tertiary/aromatic N) is 1. The number of aromatic nitrogens is 1. The molecule has 0 amide bonds. The quantitative estimate of drug-likeness (QED) is 0.606. The van der Waals surface area contributed by atoms with E-state index in [1.165, 1.54) is 12.1 Å². The Balaban J connectivity index is 2.10. The van der Waals surface area contributed by atoms with Crippen LogP contribution >= 0.6 is 23.2 Å². The topological polar surface area (TPSA) is 48.4 Å². The molecule has 1 aliphatic heterocycles. The minimum Gasteiger partial charge on any atom is -0.455 e. The molecular formula is C10H9Cl2NO3. The van der Waals surface area contributed by atoms with Crippen LogP contribution in [-0.2, 0) is 9.47 Å². The molecule has 0 radical (unpaired) electrons. The van der Waals surface area contributed by atoms with Gasteiger partial charge in [-0.25, -0.2) is 9.78 Å². The Labute approximate surface area is 102 Å². The first-order valence-electron chi connectivity index (χ1n) is 4.77. The molecule has 1 atom stereocenters. The SMILES string of the molecule is O=C(OC1CCOC1)c1nc(Cl)ccc1Cl. The Hall–Kier alpha value is -0.840. The number of esters is 1. The van der Waals surface area contributed by atoms with E-state index < -0.39 is 5.97 Å². The van der Waals surface area contributed by atoms with Crippen LogP contribution in [0.5, 0.6) is 0 Å². The van der Waals surface area contributed by atoms with Crippen LogP contribution in [0.1, 0.15) is 16.9 Å². The van der Waals surface area contributed by atoms with Crippen molar-refractivity contribution in [3.63, 3.8) is 0 Å². The van der Waals surface area contributed by atoms with E-state index in [0.29, 0.717) is 19.6 Å². The molecular weight excluding hydrogens is 253 g/mol. The second kappa shape index (κ2) is 4.99. The van der Waals surface area contributed by atoms with Crippen molar-refractivity contribution < 1.29 is 14.3 Å². The summed E-state index contributed by atoms with van der Waals surface area (Å²) in [5, 5.41) is 0.437. The van der Waals surface area contributed by atoms with Gasteiger partial charge in [0.05, 0.1) is 18.2 Å². The van der Waals surface area contributed by atoms with Crippen molar-refractivity contribution in [2.45, 2.75) is 12.5 Å². The summed E-state index contributed by atoms with van der Waals surface area (Å²) in [6, 6.07) is 3.03. The summed E-state index contributed by atoms with van der Waals surface area (Å²) in [4.78, 5) is 15.5. The molecule has 2 rings (SSSR count). The molecule has 0 saturated carbocycles. The van der Waals surface area contributed by atoms with Crippen LogP contribution < -0.4 is 0 Å². The van der Waals surface area contributed by atoms with Gasteiger partial charge < -0.3 is 9.47 Å². The average Bonchev–Trinajstić information content (AvgIpc) is 2.74. The van der Waals surface area contributed by atoms with Gasteiger partial charge in [-0.2, -0.15) is 0 Å². The maximum Gasteiger partial charge on any atom is 0.358 e. The van der Waals surface area contributed by atoms with Gasteiger partial charge in [0, 0.05) is 6.42 Å². The molecule has 6 heteroatoms. The van der Waals surface area contributed by atoms with Gasteiger partial charge >= 0.3 is 5.97 Å². The average molecular weight is 262 g/mol. The van der Waals surface area contributed by atoms with Crippen molar-refractivity contribution in [3.05, 3.63) is 28.0 Å². The van der Waals surface area contributed by atoms with Crippen LogP contribution in [0.15, 0.2) is 12.1 Å². The highest BCUT2D eigenvalue weighted by molar-refractivity contribution is 6.34. The Morgan fingerprint density at radius 3 is 3.00 bits per heavy atom. The highest BCUT2D eigenvalue weighted by Gasteiger charge is 2.23. The van der Waals surface area contributed by atoms with E-state index in [-0.39, 0.29) is 22.0 Å². The molecule has 16 heavy (non-hydrogen) atoms. The van der Waals surface area contributed by atoms with Crippen molar-refractivity contribution in [2.24, 2.45) is 0 Å². The highest BCUT2D eigenvalue weighted by atomic mass is 35.5. The molecule has 1 aliphatic rings. The summed E-state index contributed by atoms with van der Waals surface area (Å²) in [7, 11) is 0. The normalized spacial score (nSPS) is 19.8. The molecule has 1 saturated heterocycles. The number of hydrogen-bond donors (Lipinski definition) is 0. The molecule has 1 unspecified atom stereocenters. The predicted molar refractivity (Wildman–Crippen MR) is 58.9 cm³/mol. The Kier molecular flexibility index (Phi) is 3.63. The van der Waals surface area contributed by atoms with E-state index in [4.69, 9.17) is 32.7 Å². The molecule has 1 aromatic rings. The van der Waals surface area contributed by atoms with Crippen molar-refractivity contribution in [3.8, 4) is 0 Å². The molecule has 0 bridgehead atoms. The second-order valence-electron chi connectivity index (χ2n) is 3.36. The minimum atomic E-state index is -0.567. The lowest BCUT2D eigenvalue weighted by Gasteiger charge is -2.10. The summed E-state index contributed by atoms with van der Waals surface area (Å²) in [5.74, 6) is -0.567. The van der Waals surface area contributed by atoms with E-state index in [1.54, 1.807) is 0 Å². The summed E-state index contributed by atoms with van der Waals surface area (Å²) < 4.78 is 10.3. The predicted octanol–water partition coefficient (Wildman–Crippen LogP) is 2.33. The Morgan fingerprint density at radius 1 is 1.50 bits per heavy atom. The molecule has 0 spiro atoms. The highest BCUT2D eigenvalue weighted by Crippen LogP contribution is 2.19. The van der Waals surface area contributed by atoms with Gasteiger partial charge in [-0.05, 0) is 12.1 Å². The summed E-state index contributed by atoms with van der Waals surface area (Å²) in [6.45, 7) is 1.03. The van der Waals surface area contributed by atoms with Gasteiger partial charge in [0.2, 0.25) is 0 Å². The van der Waals surface area contributed by atoms with Gasteiger partial charge in [-0.1, -0.05) is 23.2 Å². The van der Waals surface area contributed by atoms with Crippen molar-refractivity contribution in [2.75, 3.05) is 13.2 Å². The molecule has 1 fully saturated rings. The smallest absolute Gasteiger partial charge is 0.358 e. The molecule has 0 aromatic carbocycles. The summed E-state index contributed by atoms with van der Waals surface area (Å²) in [6.07, 6.45) is 0.480. The lowest BCUT2D eigenvalue weighted by Crippen LogP contribution is -2.19. The van der Waals surface area contributed by atoms with Gasteiger partial charge in [-0.15, -0.1) is 0 Å². The van der Waals surface area contributed by atoms with Crippen LogP contribution in [0.2, 0.25) is 10.2 Å². The molecule has 2 heterocycles. The third-order valence-electron chi connectivity index (χ3n) is 2.17. The van der Waals surface area contributed by atoms with Gasteiger partial charge in [0.1, 0.15) is 11.3 Å². The van der Waals surface area contributed by atoms with Crippen molar-refractivity contribution in [1.82, 2.24) is 4.98 Å². The zero-order valence-corrected chi connectivity index (χ0v) is 9.79. The zero-order chi connectivity index (χ0) is 11.5. The Bertz CT molecular complexity index is 405. The van der Waals surface area contributed by atoms with Gasteiger partial charge in [-0.3, -0.25) is 0 Å². The first kappa shape index (κ1) is 11.6. The molecule has 86 valence electrons. The number of rotatable bonds is 2. The number of carbonyl (C=O) groups excluding carboxylic acids is 1. The van der Waals surface area contributed by atoms with Crippen molar-refractivity contribution in [1.29, 1.82) is 0 Å². The standard InChI is InChI=1S/C10H9Cl2NO3/c11-7-1-2-8(12)13-9(7)10(14)16-6-3-4-15-5-6/h1-2,6H,3-5H2. The first-order valence-corrected chi connectivity index (χ1v) is 5.53. The number of hydrogen-bond acceptors (Lipinski definition) is 4. The number of halogens is 2. The van der Waals surface area contributed by atoms with Crippen LogP contribution in [0.4, 0.5) is 0 Å². The first-order chi connectivity index (χ1) is 7.66. The molecule has 0 N–H and O–H groups in total. The number of pyridine rings is 1. The largest absolute Gasteiger partial charge is 0.455 e. The fourth-order valence-corrected chi connectivity index (χ4v) is 1.70.